The molecule has 0 aliphatic rings. The van der Waals surface area contributed by atoms with Crippen molar-refractivity contribution in [1.82, 2.24) is 10.3 Å². The molecule has 112 valence electrons. The number of nitrogens with one attached hydrogen (secondary N) is 1. The minimum atomic E-state index is -0.251. The van der Waals surface area contributed by atoms with Crippen molar-refractivity contribution in [1.29, 1.82) is 0 Å². The van der Waals surface area contributed by atoms with E-state index >= 15 is 0 Å². The number of hydrogen-bond acceptors (Lipinski definition) is 3. The van der Waals surface area contributed by atoms with E-state index in [1.807, 2.05) is 26.8 Å². The van der Waals surface area contributed by atoms with Gasteiger partial charge in [-0.05, 0) is 50.2 Å². The maximum Gasteiger partial charge on any atom is 0.124 e. The van der Waals surface area contributed by atoms with E-state index in [9.17, 15) is 4.39 Å². The summed E-state index contributed by atoms with van der Waals surface area (Å²) in [4.78, 5) is 4.15. The highest BCUT2D eigenvalue weighted by molar-refractivity contribution is 5.36. The van der Waals surface area contributed by atoms with Crippen molar-refractivity contribution in [2.24, 2.45) is 0 Å². The summed E-state index contributed by atoms with van der Waals surface area (Å²) in [7, 11) is 0. The van der Waals surface area contributed by atoms with Crippen molar-refractivity contribution in [2.75, 3.05) is 6.54 Å². The van der Waals surface area contributed by atoms with E-state index in [1.54, 1.807) is 18.5 Å². The molecule has 1 aromatic heterocycles. The fourth-order valence-electron chi connectivity index (χ4n) is 2.26. The molecule has 3 nitrogen and oxygen atoms in total. The monoisotopic (exact) mass is 288 g/mol. The summed E-state index contributed by atoms with van der Waals surface area (Å²) in [5, 5.41) is 3.28. The molecule has 0 aliphatic carbocycles. The van der Waals surface area contributed by atoms with Gasteiger partial charge in [-0.3, -0.25) is 4.98 Å². The van der Waals surface area contributed by atoms with Gasteiger partial charge in [-0.1, -0.05) is 6.92 Å². The van der Waals surface area contributed by atoms with E-state index in [0.29, 0.717) is 12.4 Å². The first-order valence-corrected chi connectivity index (χ1v) is 7.16. The molecule has 2 rings (SSSR count). The topological polar surface area (TPSA) is 34.1 Å². The average molecular weight is 288 g/mol. The highest BCUT2D eigenvalue weighted by Crippen LogP contribution is 2.26. The Morgan fingerprint density at radius 2 is 2.10 bits per heavy atom. The Morgan fingerprint density at radius 1 is 1.29 bits per heavy atom. The highest BCUT2D eigenvalue weighted by atomic mass is 19.1. The number of aromatic nitrogens is 1. The van der Waals surface area contributed by atoms with E-state index in [4.69, 9.17) is 4.74 Å². The van der Waals surface area contributed by atoms with E-state index in [2.05, 4.69) is 10.3 Å². The van der Waals surface area contributed by atoms with Gasteiger partial charge in [-0.25, -0.2) is 4.39 Å². The zero-order chi connectivity index (χ0) is 15.2. The lowest BCUT2D eigenvalue weighted by Gasteiger charge is -2.18. The Labute approximate surface area is 125 Å². The number of rotatable bonds is 6. The SMILES string of the molecule is CCNC(C)c1cc(F)ccc1OCc1cncc(C)c1. The molecule has 0 aliphatic heterocycles. The number of benzene rings is 1. The predicted octanol–water partition coefficient (Wildman–Crippen LogP) is 3.78. The normalized spacial score (nSPS) is 12.2. The smallest absolute Gasteiger partial charge is 0.124 e. The van der Waals surface area contributed by atoms with E-state index in [-0.39, 0.29) is 11.9 Å². The van der Waals surface area contributed by atoms with Gasteiger partial charge in [0.15, 0.2) is 0 Å². The Hall–Kier alpha value is -1.94. The first-order chi connectivity index (χ1) is 10.1. The van der Waals surface area contributed by atoms with Crippen LogP contribution in [-0.2, 0) is 6.61 Å². The van der Waals surface area contributed by atoms with Gasteiger partial charge in [-0.2, -0.15) is 0 Å². The van der Waals surface area contributed by atoms with Crippen LogP contribution in [0.2, 0.25) is 0 Å². The van der Waals surface area contributed by atoms with Crippen molar-refractivity contribution < 1.29 is 9.13 Å². The van der Waals surface area contributed by atoms with Crippen LogP contribution in [-0.4, -0.2) is 11.5 Å². The quantitative estimate of drug-likeness (QED) is 0.878. The van der Waals surface area contributed by atoms with Gasteiger partial charge < -0.3 is 10.1 Å². The third-order valence-corrected chi connectivity index (χ3v) is 3.27. The highest BCUT2D eigenvalue weighted by Gasteiger charge is 2.12. The second kappa shape index (κ2) is 7.18. The minimum absolute atomic E-state index is 0.0383. The number of halogens is 1. The third-order valence-electron chi connectivity index (χ3n) is 3.27. The van der Waals surface area contributed by atoms with Crippen LogP contribution in [0, 0.1) is 12.7 Å². The molecule has 0 fully saturated rings. The number of hydrogen-bond donors (Lipinski definition) is 1. The standard InChI is InChI=1S/C17H21FN2O/c1-4-20-13(3)16-8-15(18)5-6-17(16)21-11-14-7-12(2)9-19-10-14/h5-10,13,20H,4,11H2,1-3H3. The summed E-state index contributed by atoms with van der Waals surface area (Å²) in [6.45, 7) is 7.26. The van der Waals surface area contributed by atoms with Crippen molar-refractivity contribution in [3.05, 3.63) is 59.2 Å². The lowest BCUT2D eigenvalue weighted by molar-refractivity contribution is 0.298. The minimum Gasteiger partial charge on any atom is -0.489 e. The molecule has 0 radical (unpaired) electrons. The van der Waals surface area contributed by atoms with Gasteiger partial charge >= 0.3 is 0 Å². The second-order valence-electron chi connectivity index (χ2n) is 5.12. The van der Waals surface area contributed by atoms with Gasteiger partial charge in [0.25, 0.3) is 0 Å². The molecule has 21 heavy (non-hydrogen) atoms. The number of ether oxygens (including phenoxy) is 1. The molecule has 2 aromatic rings. The molecule has 0 saturated heterocycles. The van der Waals surface area contributed by atoms with Crippen LogP contribution < -0.4 is 10.1 Å². The van der Waals surface area contributed by atoms with Crippen LogP contribution in [0.1, 0.15) is 36.6 Å². The molecule has 1 heterocycles. The zero-order valence-electron chi connectivity index (χ0n) is 12.7. The number of aryl methyl sites for hydroxylation is 1. The number of pyridine rings is 1. The Kier molecular flexibility index (Phi) is 5.28. The third kappa shape index (κ3) is 4.26. The molecular weight excluding hydrogens is 267 g/mol. The molecule has 1 unspecified atom stereocenters. The molecule has 1 N–H and O–H groups in total. The summed E-state index contributed by atoms with van der Waals surface area (Å²) in [6.07, 6.45) is 3.59. The van der Waals surface area contributed by atoms with Gasteiger partial charge in [0, 0.05) is 29.6 Å². The molecule has 4 heteroatoms. The largest absolute Gasteiger partial charge is 0.489 e. The lowest BCUT2D eigenvalue weighted by atomic mass is 10.1. The van der Waals surface area contributed by atoms with Crippen molar-refractivity contribution >= 4 is 0 Å². The van der Waals surface area contributed by atoms with Crippen molar-refractivity contribution in [3.63, 3.8) is 0 Å². The van der Waals surface area contributed by atoms with Crippen LogP contribution >= 0.6 is 0 Å². The molecule has 1 atom stereocenters. The Bertz CT molecular complexity index is 601. The molecule has 0 amide bonds. The molecule has 0 saturated carbocycles. The lowest BCUT2D eigenvalue weighted by Crippen LogP contribution is -2.18. The van der Waals surface area contributed by atoms with Crippen LogP contribution in [0.15, 0.2) is 36.7 Å². The Morgan fingerprint density at radius 3 is 2.81 bits per heavy atom. The maximum absolute atomic E-state index is 13.5. The first kappa shape index (κ1) is 15.4. The summed E-state index contributed by atoms with van der Waals surface area (Å²) < 4.78 is 19.3. The molecule has 0 bridgehead atoms. The predicted molar refractivity (Wildman–Crippen MR) is 81.8 cm³/mol. The van der Waals surface area contributed by atoms with Crippen molar-refractivity contribution in [3.8, 4) is 5.75 Å². The zero-order valence-corrected chi connectivity index (χ0v) is 12.7. The molecular formula is C17H21FN2O. The summed E-state index contributed by atoms with van der Waals surface area (Å²) in [5.41, 5.74) is 2.93. The molecule has 1 aromatic carbocycles. The van der Waals surface area contributed by atoms with E-state index in [1.165, 1.54) is 12.1 Å². The molecule has 0 spiro atoms. The fourth-order valence-corrected chi connectivity index (χ4v) is 2.26. The van der Waals surface area contributed by atoms with Gasteiger partial charge in [0.2, 0.25) is 0 Å². The van der Waals surface area contributed by atoms with Crippen LogP contribution in [0.3, 0.4) is 0 Å². The van der Waals surface area contributed by atoms with Gasteiger partial charge in [0.05, 0.1) is 0 Å². The first-order valence-electron chi connectivity index (χ1n) is 7.16. The van der Waals surface area contributed by atoms with E-state index < -0.39 is 0 Å². The van der Waals surface area contributed by atoms with Gasteiger partial charge in [-0.15, -0.1) is 0 Å². The average Bonchev–Trinajstić information content (AvgIpc) is 2.46. The number of nitrogens with zero attached hydrogens (tertiary/aromatic N) is 1. The summed E-state index contributed by atoms with van der Waals surface area (Å²) >= 11 is 0. The Balaban J connectivity index is 2.15. The fraction of sp³-hybridized carbons (Fsp3) is 0.353. The van der Waals surface area contributed by atoms with Gasteiger partial charge in [0.1, 0.15) is 18.2 Å². The summed E-state index contributed by atoms with van der Waals surface area (Å²) in [6, 6.07) is 6.70. The van der Waals surface area contributed by atoms with Crippen LogP contribution in [0.5, 0.6) is 5.75 Å². The second-order valence-corrected chi connectivity index (χ2v) is 5.12. The maximum atomic E-state index is 13.5. The van der Waals surface area contributed by atoms with Crippen molar-refractivity contribution in [2.45, 2.75) is 33.4 Å². The van der Waals surface area contributed by atoms with Crippen LogP contribution in [0.25, 0.3) is 0 Å². The van der Waals surface area contributed by atoms with E-state index in [0.717, 1.165) is 23.2 Å². The summed E-state index contributed by atoms with van der Waals surface area (Å²) in [5.74, 6) is 0.450. The van der Waals surface area contributed by atoms with Crippen LogP contribution in [0.4, 0.5) is 4.39 Å².